The molecule has 156 valence electrons. The molecule has 0 radical (unpaired) electrons. The van der Waals surface area contributed by atoms with Crippen LogP contribution in [0.15, 0.2) is 10.4 Å². The van der Waals surface area contributed by atoms with E-state index in [1.165, 1.54) is 30.6 Å². The lowest BCUT2D eigenvalue weighted by Gasteiger charge is -2.55. The standard InChI is InChI=1S/C19H29N3O4S2/c1-26-4-3-22-16(11-20-28(2,24)25)12-27-18(22)21-17(23)19-8-13-5-14(9-19)7-15(6-13)10-19/h12-15,20H,3-11H2,1-2H3. The molecule has 0 atom stereocenters. The molecule has 4 aliphatic rings. The Labute approximate surface area is 170 Å². The molecule has 28 heavy (non-hydrogen) atoms. The summed E-state index contributed by atoms with van der Waals surface area (Å²) in [7, 11) is -1.67. The van der Waals surface area contributed by atoms with Crippen molar-refractivity contribution in [3.05, 3.63) is 15.9 Å². The molecule has 1 N–H and O–H groups in total. The summed E-state index contributed by atoms with van der Waals surface area (Å²) in [5.41, 5.74) is 0.535. The number of nitrogens with one attached hydrogen (secondary N) is 1. The van der Waals surface area contributed by atoms with Gasteiger partial charge < -0.3 is 9.30 Å². The van der Waals surface area contributed by atoms with Gasteiger partial charge in [0.1, 0.15) is 0 Å². The highest BCUT2D eigenvalue weighted by molar-refractivity contribution is 7.88. The smallest absolute Gasteiger partial charge is 0.254 e. The molecule has 0 saturated heterocycles. The Balaban J connectivity index is 1.61. The van der Waals surface area contributed by atoms with E-state index < -0.39 is 10.0 Å². The van der Waals surface area contributed by atoms with Gasteiger partial charge in [-0.2, -0.15) is 4.99 Å². The first-order valence-corrected chi connectivity index (χ1v) is 12.7. The SMILES string of the molecule is COCCn1c(CNS(C)(=O)=O)csc1=NC(=O)C12CC3CC(CC(C3)C1)C2. The lowest BCUT2D eigenvalue weighted by molar-refractivity contribution is -0.142. The molecule has 4 bridgehead atoms. The average Bonchev–Trinajstić information content (AvgIpc) is 2.98. The molecule has 4 saturated carbocycles. The number of thiazole rings is 1. The van der Waals surface area contributed by atoms with Crippen molar-refractivity contribution in [3.8, 4) is 0 Å². The van der Waals surface area contributed by atoms with Gasteiger partial charge in [0.2, 0.25) is 10.0 Å². The third kappa shape index (κ3) is 4.13. The number of nitrogens with zero attached hydrogens (tertiary/aromatic N) is 2. The monoisotopic (exact) mass is 427 g/mol. The molecular formula is C19H29N3O4S2. The molecule has 7 nitrogen and oxygen atoms in total. The van der Waals surface area contributed by atoms with Gasteiger partial charge in [-0.05, 0) is 56.3 Å². The summed E-state index contributed by atoms with van der Waals surface area (Å²) in [6.07, 6.45) is 8.00. The zero-order valence-corrected chi connectivity index (χ0v) is 18.2. The Morgan fingerprint density at radius 3 is 2.43 bits per heavy atom. The van der Waals surface area contributed by atoms with Crippen LogP contribution in [0.3, 0.4) is 0 Å². The minimum atomic E-state index is -3.29. The minimum absolute atomic E-state index is 0.0299. The van der Waals surface area contributed by atoms with Crippen molar-refractivity contribution < 1.29 is 17.9 Å². The Morgan fingerprint density at radius 1 is 1.29 bits per heavy atom. The largest absolute Gasteiger partial charge is 0.383 e. The quantitative estimate of drug-likeness (QED) is 0.720. The van der Waals surface area contributed by atoms with Crippen molar-refractivity contribution in [2.75, 3.05) is 20.0 Å². The summed E-state index contributed by atoms with van der Waals surface area (Å²) in [4.78, 5) is 18.5. The van der Waals surface area contributed by atoms with Crippen LogP contribution < -0.4 is 9.52 Å². The fourth-order valence-corrected chi connectivity index (χ4v) is 7.13. The number of hydrogen-bond acceptors (Lipinski definition) is 5. The van der Waals surface area contributed by atoms with Crippen LogP contribution in [0.5, 0.6) is 0 Å². The van der Waals surface area contributed by atoms with Gasteiger partial charge in [-0.1, -0.05) is 0 Å². The first-order chi connectivity index (χ1) is 13.3. The van der Waals surface area contributed by atoms with Crippen molar-refractivity contribution in [2.45, 2.75) is 51.6 Å². The number of hydrogen-bond donors (Lipinski definition) is 1. The van der Waals surface area contributed by atoms with E-state index in [1.807, 2.05) is 9.95 Å². The maximum atomic E-state index is 13.3. The van der Waals surface area contributed by atoms with E-state index in [0.717, 1.165) is 31.2 Å². The van der Waals surface area contributed by atoms with Gasteiger partial charge in [0.15, 0.2) is 4.80 Å². The molecule has 4 fully saturated rings. The van der Waals surface area contributed by atoms with E-state index in [-0.39, 0.29) is 17.9 Å². The highest BCUT2D eigenvalue weighted by atomic mass is 32.2. The van der Waals surface area contributed by atoms with Gasteiger partial charge >= 0.3 is 0 Å². The zero-order chi connectivity index (χ0) is 19.9. The summed E-state index contributed by atoms with van der Waals surface area (Å²) in [6.45, 7) is 1.19. The number of methoxy groups -OCH3 is 1. The van der Waals surface area contributed by atoms with E-state index in [1.54, 1.807) is 7.11 Å². The minimum Gasteiger partial charge on any atom is -0.383 e. The van der Waals surface area contributed by atoms with Gasteiger partial charge in [-0.15, -0.1) is 11.3 Å². The molecule has 0 aromatic carbocycles. The number of amides is 1. The first-order valence-electron chi connectivity index (χ1n) is 9.98. The first kappa shape index (κ1) is 20.3. The van der Waals surface area contributed by atoms with E-state index in [9.17, 15) is 13.2 Å². The second-order valence-corrected chi connectivity index (χ2v) is 11.5. The fourth-order valence-electron chi connectivity index (χ4n) is 5.80. The summed E-state index contributed by atoms with van der Waals surface area (Å²) in [6, 6.07) is 0. The van der Waals surface area contributed by atoms with E-state index in [4.69, 9.17) is 4.74 Å². The molecular weight excluding hydrogens is 398 g/mol. The number of carbonyl (C=O) groups excluding carboxylic acids is 1. The van der Waals surface area contributed by atoms with Gasteiger partial charge in [0, 0.05) is 24.7 Å². The molecule has 9 heteroatoms. The number of rotatable bonds is 7. The summed E-state index contributed by atoms with van der Waals surface area (Å²) in [5, 5.41) is 1.87. The summed E-state index contributed by atoms with van der Waals surface area (Å²) < 4.78 is 32.5. The lowest BCUT2D eigenvalue weighted by atomic mass is 9.49. The van der Waals surface area contributed by atoms with Gasteiger partial charge in [0.05, 0.1) is 24.8 Å². The van der Waals surface area contributed by atoms with Crippen molar-refractivity contribution in [1.82, 2.24) is 9.29 Å². The molecule has 0 unspecified atom stereocenters. The van der Waals surface area contributed by atoms with Crippen molar-refractivity contribution in [1.29, 1.82) is 0 Å². The van der Waals surface area contributed by atoms with Crippen LogP contribution in [0.4, 0.5) is 0 Å². The van der Waals surface area contributed by atoms with Crippen LogP contribution in [0.1, 0.15) is 44.2 Å². The molecule has 1 aromatic rings. The Hall–Kier alpha value is -1.03. The van der Waals surface area contributed by atoms with E-state index >= 15 is 0 Å². The summed E-state index contributed by atoms with van der Waals surface area (Å²) in [5.74, 6) is 2.12. The maximum absolute atomic E-state index is 13.3. The number of ether oxygens (including phenoxy) is 1. The van der Waals surface area contributed by atoms with Crippen molar-refractivity contribution in [3.63, 3.8) is 0 Å². The third-order valence-corrected chi connectivity index (χ3v) is 8.18. The van der Waals surface area contributed by atoms with Crippen LogP contribution in [0.25, 0.3) is 0 Å². The molecule has 1 aromatic heterocycles. The Bertz CT molecular complexity index is 881. The van der Waals surface area contributed by atoms with Crippen LogP contribution in [0, 0.1) is 23.2 Å². The predicted molar refractivity (Wildman–Crippen MR) is 107 cm³/mol. The Kier molecular flexibility index (Phi) is 5.54. The van der Waals surface area contributed by atoms with Crippen LogP contribution in [-0.2, 0) is 32.6 Å². The van der Waals surface area contributed by atoms with E-state index in [0.29, 0.717) is 35.7 Å². The molecule has 1 amide bonds. The van der Waals surface area contributed by atoms with E-state index in [2.05, 4.69) is 9.71 Å². The van der Waals surface area contributed by atoms with Crippen LogP contribution in [0.2, 0.25) is 0 Å². The number of carbonyl (C=O) groups is 1. The van der Waals surface area contributed by atoms with Crippen LogP contribution in [-0.4, -0.2) is 38.9 Å². The zero-order valence-electron chi connectivity index (χ0n) is 16.5. The average molecular weight is 428 g/mol. The number of sulfonamides is 1. The van der Waals surface area contributed by atoms with Gasteiger partial charge in [-0.3, -0.25) is 4.79 Å². The highest BCUT2D eigenvalue weighted by Crippen LogP contribution is 2.60. The summed E-state index contributed by atoms with van der Waals surface area (Å²) >= 11 is 1.39. The van der Waals surface area contributed by atoms with Gasteiger partial charge in [0.25, 0.3) is 5.91 Å². The maximum Gasteiger partial charge on any atom is 0.254 e. The molecule has 0 aliphatic heterocycles. The predicted octanol–water partition coefficient (Wildman–Crippen LogP) is 1.89. The molecule has 4 aliphatic carbocycles. The molecule has 0 spiro atoms. The van der Waals surface area contributed by atoms with Crippen molar-refractivity contribution in [2.24, 2.45) is 28.2 Å². The third-order valence-electron chi connectivity index (χ3n) is 6.60. The normalized spacial score (nSPS) is 32.2. The van der Waals surface area contributed by atoms with Gasteiger partial charge in [-0.25, -0.2) is 13.1 Å². The fraction of sp³-hybridized carbons (Fsp3) is 0.789. The molecule has 1 heterocycles. The number of aromatic nitrogens is 1. The topological polar surface area (TPSA) is 89.8 Å². The second-order valence-electron chi connectivity index (χ2n) is 8.86. The second kappa shape index (κ2) is 7.66. The molecule has 5 rings (SSSR count). The lowest BCUT2D eigenvalue weighted by Crippen LogP contribution is -2.50. The van der Waals surface area contributed by atoms with Crippen molar-refractivity contribution >= 4 is 27.3 Å². The highest BCUT2D eigenvalue weighted by Gasteiger charge is 2.54. The Morgan fingerprint density at radius 2 is 1.89 bits per heavy atom. The van der Waals surface area contributed by atoms with Crippen LogP contribution >= 0.6 is 11.3 Å².